The molecule has 0 radical (unpaired) electrons. The van der Waals surface area contributed by atoms with E-state index in [9.17, 15) is 4.79 Å². The van der Waals surface area contributed by atoms with Crippen LogP contribution in [0.15, 0.2) is 31.0 Å². The molecule has 0 unspecified atom stereocenters. The Bertz CT molecular complexity index is 368. The standard InChI is InChI=1S/C10H11ClN2O2/c1-2-3-8(13-10(14)15)9-6-7(11)4-5-12-9/h2,4-6,8,13H,1,3H2,(H,14,15)/t8-/m1/s1. The summed E-state index contributed by atoms with van der Waals surface area (Å²) in [4.78, 5) is 14.6. The number of hydrogen-bond acceptors (Lipinski definition) is 2. The molecule has 1 atom stereocenters. The molecule has 1 aromatic rings. The van der Waals surface area contributed by atoms with Crippen molar-refractivity contribution in [3.05, 3.63) is 41.7 Å². The summed E-state index contributed by atoms with van der Waals surface area (Å²) in [5.41, 5.74) is 0.588. The minimum Gasteiger partial charge on any atom is -0.465 e. The van der Waals surface area contributed by atoms with Crippen molar-refractivity contribution in [3.63, 3.8) is 0 Å². The van der Waals surface area contributed by atoms with Crippen LogP contribution in [0, 0.1) is 0 Å². The first-order valence-corrected chi connectivity index (χ1v) is 4.73. The average Bonchev–Trinajstić information content (AvgIpc) is 2.16. The zero-order valence-electron chi connectivity index (χ0n) is 7.98. The van der Waals surface area contributed by atoms with Gasteiger partial charge in [-0.05, 0) is 18.6 Å². The van der Waals surface area contributed by atoms with E-state index in [1.165, 1.54) is 6.20 Å². The van der Waals surface area contributed by atoms with Gasteiger partial charge < -0.3 is 10.4 Å². The van der Waals surface area contributed by atoms with Gasteiger partial charge in [0.2, 0.25) is 0 Å². The maximum atomic E-state index is 10.5. The third-order valence-corrected chi connectivity index (χ3v) is 2.04. The summed E-state index contributed by atoms with van der Waals surface area (Å²) < 4.78 is 0. The second-order valence-corrected chi connectivity index (χ2v) is 3.36. The van der Waals surface area contributed by atoms with Crippen molar-refractivity contribution in [1.82, 2.24) is 10.3 Å². The summed E-state index contributed by atoms with van der Waals surface area (Å²) in [7, 11) is 0. The highest BCUT2D eigenvalue weighted by Gasteiger charge is 2.13. The smallest absolute Gasteiger partial charge is 0.405 e. The molecular formula is C10H11ClN2O2. The van der Waals surface area contributed by atoms with Crippen LogP contribution in [0.5, 0.6) is 0 Å². The van der Waals surface area contributed by atoms with Gasteiger partial charge in [0.1, 0.15) is 0 Å². The Morgan fingerprint density at radius 3 is 3.07 bits per heavy atom. The Kier molecular flexibility index (Phi) is 4.12. The lowest BCUT2D eigenvalue weighted by atomic mass is 10.1. The molecule has 1 aromatic heterocycles. The molecular weight excluding hydrogens is 216 g/mol. The molecule has 2 N–H and O–H groups in total. The minimum atomic E-state index is -1.09. The highest BCUT2D eigenvalue weighted by atomic mass is 35.5. The molecule has 0 saturated carbocycles. The summed E-state index contributed by atoms with van der Waals surface area (Å²) >= 11 is 5.78. The second-order valence-electron chi connectivity index (χ2n) is 2.93. The first kappa shape index (κ1) is 11.5. The van der Waals surface area contributed by atoms with E-state index in [1.807, 2.05) is 0 Å². The van der Waals surface area contributed by atoms with Crippen LogP contribution < -0.4 is 5.32 Å². The third kappa shape index (κ3) is 3.59. The van der Waals surface area contributed by atoms with Crippen LogP contribution in [0.4, 0.5) is 4.79 Å². The van der Waals surface area contributed by atoms with E-state index >= 15 is 0 Å². The number of halogens is 1. The Hall–Kier alpha value is -1.55. The van der Waals surface area contributed by atoms with Crippen molar-refractivity contribution in [1.29, 1.82) is 0 Å². The number of carboxylic acid groups (broad SMARTS) is 1. The lowest BCUT2D eigenvalue weighted by Gasteiger charge is -2.14. The predicted octanol–water partition coefficient (Wildman–Crippen LogP) is 2.62. The Labute approximate surface area is 92.6 Å². The van der Waals surface area contributed by atoms with E-state index in [4.69, 9.17) is 16.7 Å². The van der Waals surface area contributed by atoms with E-state index in [2.05, 4.69) is 16.9 Å². The van der Waals surface area contributed by atoms with Gasteiger partial charge in [-0.15, -0.1) is 6.58 Å². The fraction of sp³-hybridized carbons (Fsp3) is 0.200. The maximum absolute atomic E-state index is 10.5. The van der Waals surface area contributed by atoms with E-state index in [0.29, 0.717) is 17.1 Å². The first-order valence-electron chi connectivity index (χ1n) is 4.35. The maximum Gasteiger partial charge on any atom is 0.405 e. The molecule has 5 heteroatoms. The molecule has 0 fully saturated rings. The van der Waals surface area contributed by atoms with Gasteiger partial charge in [-0.1, -0.05) is 17.7 Å². The summed E-state index contributed by atoms with van der Waals surface area (Å²) in [6.45, 7) is 3.56. The number of amides is 1. The Morgan fingerprint density at radius 1 is 1.80 bits per heavy atom. The summed E-state index contributed by atoms with van der Waals surface area (Å²) in [5, 5.41) is 11.5. The average molecular weight is 227 g/mol. The quantitative estimate of drug-likeness (QED) is 0.776. The van der Waals surface area contributed by atoms with Gasteiger partial charge in [-0.3, -0.25) is 4.98 Å². The number of pyridine rings is 1. The number of nitrogens with zero attached hydrogens (tertiary/aromatic N) is 1. The monoisotopic (exact) mass is 226 g/mol. The fourth-order valence-electron chi connectivity index (χ4n) is 1.18. The normalized spacial score (nSPS) is 11.8. The molecule has 0 aromatic carbocycles. The van der Waals surface area contributed by atoms with Crippen molar-refractivity contribution in [2.45, 2.75) is 12.5 Å². The molecule has 80 valence electrons. The van der Waals surface area contributed by atoms with Crippen molar-refractivity contribution in [3.8, 4) is 0 Å². The lowest BCUT2D eigenvalue weighted by Crippen LogP contribution is -2.27. The molecule has 1 amide bonds. The molecule has 1 rings (SSSR count). The van der Waals surface area contributed by atoms with Gasteiger partial charge in [0.15, 0.2) is 0 Å². The molecule has 0 aliphatic carbocycles. The molecule has 1 heterocycles. The van der Waals surface area contributed by atoms with Gasteiger partial charge >= 0.3 is 6.09 Å². The van der Waals surface area contributed by atoms with Crippen molar-refractivity contribution in [2.75, 3.05) is 0 Å². The number of aromatic nitrogens is 1. The van der Waals surface area contributed by atoms with Crippen LogP contribution in [0.2, 0.25) is 5.02 Å². The molecule has 0 aliphatic rings. The Balaban J connectivity index is 2.87. The molecule has 0 aliphatic heterocycles. The van der Waals surface area contributed by atoms with Crippen LogP contribution in [-0.4, -0.2) is 16.2 Å². The van der Waals surface area contributed by atoms with E-state index in [0.717, 1.165) is 0 Å². The fourth-order valence-corrected chi connectivity index (χ4v) is 1.35. The van der Waals surface area contributed by atoms with Gasteiger partial charge in [-0.2, -0.15) is 0 Å². The highest BCUT2D eigenvalue weighted by molar-refractivity contribution is 6.30. The summed E-state index contributed by atoms with van der Waals surface area (Å²) in [6, 6.07) is 2.86. The van der Waals surface area contributed by atoms with Gasteiger partial charge in [0.25, 0.3) is 0 Å². The minimum absolute atomic E-state index is 0.404. The molecule has 4 nitrogen and oxygen atoms in total. The van der Waals surface area contributed by atoms with E-state index in [-0.39, 0.29) is 0 Å². The number of nitrogens with one attached hydrogen (secondary N) is 1. The van der Waals surface area contributed by atoms with Crippen molar-refractivity contribution < 1.29 is 9.90 Å². The molecule has 15 heavy (non-hydrogen) atoms. The Morgan fingerprint density at radius 2 is 2.53 bits per heavy atom. The summed E-state index contributed by atoms with van der Waals surface area (Å²) in [6.07, 6.45) is 2.55. The zero-order valence-corrected chi connectivity index (χ0v) is 8.74. The van der Waals surface area contributed by atoms with Crippen LogP contribution >= 0.6 is 11.6 Å². The highest BCUT2D eigenvalue weighted by Crippen LogP contribution is 2.18. The van der Waals surface area contributed by atoms with Crippen LogP contribution in [-0.2, 0) is 0 Å². The topological polar surface area (TPSA) is 62.2 Å². The predicted molar refractivity (Wildman–Crippen MR) is 58.0 cm³/mol. The number of rotatable bonds is 4. The number of carbonyl (C=O) groups is 1. The second kappa shape index (κ2) is 5.36. The van der Waals surface area contributed by atoms with Gasteiger partial charge in [-0.25, -0.2) is 4.79 Å². The van der Waals surface area contributed by atoms with Crippen molar-refractivity contribution >= 4 is 17.7 Å². The van der Waals surface area contributed by atoms with Crippen LogP contribution in [0.25, 0.3) is 0 Å². The largest absolute Gasteiger partial charge is 0.465 e. The third-order valence-electron chi connectivity index (χ3n) is 1.80. The summed E-state index contributed by atoms with van der Waals surface area (Å²) in [5.74, 6) is 0. The van der Waals surface area contributed by atoms with E-state index < -0.39 is 12.1 Å². The van der Waals surface area contributed by atoms with Crippen LogP contribution in [0.1, 0.15) is 18.2 Å². The van der Waals surface area contributed by atoms with Crippen molar-refractivity contribution in [2.24, 2.45) is 0 Å². The van der Waals surface area contributed by atoms with Gasteiger partial charge in [0, 0.05) is 11.2 Å². The molecule has 0 bridgehead atoms. The van der Waals surface area contributed by atoms with Crippen LogP contribution in [0.3, 0.4) is 0 Å². The van der Waals surface area contributed by atoms with E-state index in [1.54, 1.807) is 18.2 Å². The first-order chi connectivity index (χ1) is 7.13. The lowest BCUT2D eigenvalue weighted by molar-refractivity contribution is 0.189. The van der Waals surface area contributed by atoms with Gasteiger partial charge in [0.05, 0.1) is 11.7 Å². The number of hydrogen-bond donors (Lipinski definition) is 2. The molecule has 0 saturated heterocycles. The molecule has 0 spiro atoms. The zero-order chi connectivity index (χ0) is 11.3. The SMILES string of the molecule is C=CC[C@@H](NC(=O)O)c1cc(Cl)ccn1.